The van der Waals surface area contributed by atoms with Crippen molar-refractivity contribution in [3.63, 3.8) is 0 Å². The minimum atomic E-state index is -2.50. The molecule has 0 bridgehead atoms. The molecular formula is C29H36N5O2P. The summed E-state index contributed by atoms with van der Waals surface area (Å²) in [5.74, 6) is 0.714. The summed E-state index contributed by atoms with van der Waals surface area (Å²) in [5, 5.41) is 5.27. The predicted molar refractivity (Wildman–Crippen MR) is 156 cm³/mol. The molecule has 0 radical (unpaired) electrons. The highest BCUT2D eigenvalue weighted by Gasteiger charge is 2.21. The third-order valence-corrected chi connectivity index (χ3v) is 8.87. The summed E-state index contributed by atoms with van der Waals surface area (Å²) in [7, 11) is 3.48. The van der Waals surface area contributed by atoms with Crippen LogP contribution in [0.2, 0.25) is 0 Å². The fourth-order valence-corrected chi connectivity index (χ4v) is 6.27. The lowest BCUT2D eigenvalue weighted by atomic mass is 10.0. The van der Waals surface area contributed by atoms with Crippen molar-refractivity contribution in [1.29, 1.82) is 0 Å². The molecule has 1 aliphatic rings. The molecule has 2 N–H and O–H groups in total. The van der Waals surface area contributed by atoms with Crippen LogP contribution in [0.5, 0.6) is 5.75 Å². The zero-order valence-corrected chi connectivity index (χ0v) is 23.2. The third kappa shape index (κ3) is 5.39. The third-order valence-electron chi connectivity index (χ3n) is 7.32. The van der Waals surface area contributed by atoms with Gasteiger partial charge >= 0.3 is 0 Å². The van der Waals surface area contributed by atoms with Gasteiger partial charge in [0.2, 0.25) is 0 Å². The zero-order valence-electron chi connectivity index (χ0n) is 22.3. The second kappa shape index (κ2) is 10.2. The number of rotatable bonds is 7. The fourth-order valence-electron chi connectivity index (χ4n) is 5.14. The Bertz CT molecular complexity index is 1430. The molecule has 0 aliphatic carbocycles. The van der Waals surface area contributed by atoms with Crippen molar-refractivity contribution >= 4 is 40.5 Å². The van der Waals surface area contributed by atoms with Gasteiger partial charge in [-0.1, -0.05) is 12.1 Å². The molecule has 0 atom stereocenters. The summed E-state index contributed by atoms with van der Waals surface area (Å²) in [4.78, 5) is 12.8. The maximum atomic E-state index is 13.0. The van der Waals surface area contributed by atoms with Crippen LogP contribution in [0.3, 0.4) is 0 Å². The second-order valence-electron chi connectivity index (χ2n) is 10.4. The Kier molecular flexibility index (Phi) is 7.02. The van der Waals surface area contributed by atoms with Crippen molar-refractivity contribution < 1.29 is 9.30 Å². The molecule has 5 rings (SSSR count). The zero-order chi connectivity index (χ0) is 26.2. The number of methoxy groups -OCH3 is 1. The lowest BCUT2D eigenvalue weighted by Crippen LogP contribution is -2.41. The van der Waals surface area contributed by atoms with Gasteiger partial charge in [0.25, 0.3) is 0 Å². The molecule has 0 amide bonds. The molecule has 0 unspecified atom stereocenters. The van der Waals surface area contributed by atoms with Gasteiger partial charge in [-0.2, -0.15) is 0 Å². The number of hydrogen-bond donors (Lipinski definition) is 2. The molecule has 3 heterocycles. The van der Waals surface area contributed by atoms with Gasteiger partial charge in [-0.15, -0.1) is 0 Å². The van der Waals surface area contributed by atoms with Crippen molar-refractivity contribution in [2.45, 2.75) is 18.9 Å². The number of nitrogens with one attached hydrogen (secondary N) is 2. The molecule has 2 aromatic carbocycles. The first kappa shape index (κ1) is 25.4. The van der Waals surface area contributed by atoms with Crippen LogP contribution in [-0.4, -0.2) is 68.5 Å². The van der Waals surface area contributed by atoms with Gasteiger partial charge in [0.15, 0.2) is 0 Å². The van der Waals surface area contributed by atoms with Gasteiger partial charge in [0.1, 0.15) is 18.5 Å². The van der Waals surface area contributed by atoms with Crippen LogP contribution in [-0.2, 0) is 4.57 Å². The number of piperidine rings is 1. The standard InChI is InChI=1S/C29H36N5O2P/c1-33(2)21-13-16-34(17-14-21)22-8-6-20(7-9-22)26-19-24-25(12-15-30-29(24)32-26)31-27-18-23(36-3)10-11-28(27)37(4,5)35/h6-12,15,18-19,21H,13-14,16-17H2,1-5H3,(H2,30,31,32). The topological polar surface area (TPSA) is 73.5 Å². The van der Waals surface area contributed by atoms with E-state index in [2.05, 4.69) is 69.5 Å². The monoisotopic (exact) mass is 517 g/mol. The second-order valence-corrected chi connectivity index (χ2v) is 13.6. The lowest BCUT2D eigenvalue weighted by Gasteiger charge is -2.36. The Hall–Kier alpha value is -3.28. The number of benzene rings is 2. The van der Waals surface area contributed by atoms with Gasteiger partial charge in [-0.3, -0.25) is 0 Å². The highest BCUT2D eigenvalue weighted by molar-refractivity contribution is 7.70. The highest BCUT2D eigenvalue weighted by atomic mass is 31.2. The maximum Gasteiger partial charge on any atom is 0.139 e. The summed E-state index contributed by atoms with van der Waals surface area (Å²) in [6.45, 7) is 5.74. The van der Waals surface area contributed by atoms with Crippen molar-refractivity contribution in [1.82, 2.24) is 14.9 Å². The Morgan fingerprint density at radius 3 is 2.41 bits per heavy atom. The molecule has 7 nitrogen and oxygen atoms in total. The first-order chi connectivity index (χ1) is 17.7. The van der Waals surface area contributed by atoms with E-state index < -0.39 is 7.14 Å². The Balaban J connectivity index is 1.41. The summed E-state index contributed by atoms with van der Waals surface area (Å²) < 4.78 is 18.4. The van der Waals surface area contributed by atoms with E-state index in [0.717, 1.165) is 52.1 Å². The average molecular weight is 518 g/mol. The molecule has 1 saturated heterocycles. The van der Waals surface area contributed by atoms with Crippen LogP contribution in [0.1, 0.15) is 12.8 Å². The van der Waals surface area contributed by atoms with E-state index >= 15 is 0 Å². The smallest absolute Gasteiger partial charge is 0.139 e. The summed E-state index contributed by atoms with van der Waals surface area (Å²) in [6.07, 6.45) is 4.17. The Morgan fingerprint density at radius 2 is 1.76 bits per heavy atom. The summed E-state index contributed by atoms with van der Waals surface area (Å²) in [5.41, 5.74) is 5.88. The minimum absolute atomic E-state index is 0.673. The van der Waals surface area contributed by atoms with Gasteiger partial charge < -0.3 is 29.4 Å². The maximum absolute atomic E-state index is 13.0. The highest BCUT2D eigenvalue weighted by Crippen LogP contribution is 2.40. The lowest BCUT2D eigenvalue weighted by molar-refractivity contribution is 0.249. The van der Waals surface area contributed by atoms with E-state index in [1.165, 1.54) is 18.5 Å². The van der Waals surface area contributed by atoms with Crippen LogP contribution in [0.4, 0.5) is 17.1 Å². The first-order valence-corrected chi connectivity index (χ1v) is 15.3. The molecule has 4 aromatic rings. The quantitative estimate of drug-likeness (QED) is 0.304. The van der Waals surface area contributed by atoms with Crippen molar-refractivity contribution in [2.75, 3.05) is 57.8 Å². The van der Waals surface area contributed by atoms with Gasteiger partial charge in [-0.05, 0) is 82.2 Å². The summed E-state index contributed by atoms with van der Waals surface area (Å²) in [6, 6.07) is 19.2. The molecule has 194 valence electrons. The largest absolute Gasteiger partial charge is 0.497 e. The Morgan fingerprint density at radius 1 is 1.03 bits per heavy atom. The van der Waals surface area contributed by atoms with Crippen LogP contribution in [0, 0.1) is 0 Å². The van der Waals surface area contributed by atoms with Crippen molar-refractivity contribution in [3.8, 4) is 17.0 Å². The molecule has 0 spiro atoms. The number of nitrogens with zero attached hydrogens (tertiary/aromatic N) is 3. The average Bonchev–Trinajstić information content (AvgIpc) is 3.34. The normalized spacial score (nSPS) is 14.9. The summed E-state index contributed by atoms with van der Waals surface area (Å²) >= 11 is 0. The number of fused-ring (bicyclic) bond motifs is 1. The number of H-pyrrole nitrogens is 1. The fraction of sp³-hybridized carbons (Fsp3) is 0.345. The number of aromatic nitrogens is 2. The van der Waals surface area contributed by atoms with Crippen LogP contribution >= 0.6 is 7.14 Å². The number of ether oxygens (including phenoxy) is 1. The first-order valence-electron chi connectivity index (χ1n) is 12.7. The van der Waals surface area contributed by atoms with Gasteiger partial charge in [-0.25, -0.2) is 4.98 Å². The number of hydrogen-bond acceptors (Lipinski definition) is 6. The number of anilines is 3. The van der Waals surface area contributed by atoms with E-state index in [1.54, 1.807) is 26.6 Å². The Labute approximate surface area is 219 Å². The van der Waals surface area contributed by atoms with E-state index in [4.69, 9.17) is 4.74 Å². The van der Waals surface area contributed by atoms with E-state index in [0.29, 0.717) is 11.8 Å². The van der Waals surface area contributed by atoms with Gasteiger partial charge in [0.05, 0.1) is 18.5 Å². The number of pyridine rings is 1. The minimum Gasteiger partial charge on any atom is -0.497 e. The SMILES string of the molecule is COc1ccc(P(C)(C)=O)c(Nc2ccnc3[nH]c(-c4ccc(N5CCC(N(C)C)CC5)cc4)cc23)c1. The van der Waals surface area contributed by atoms with Gasteiger partial charge in [0, 0.05) is 53.5 Å². The van der Waals surface area contributed by atoms with Crippen molar-refractivity contribution in [2.24, 2.45) is 0 Å². The number of aromatic amines is 1. The molecule has 1 aliphatic heterocycles. The van der Waals surface area contributed by atoms with E-state index in [-0.39, 0.29) is 0 Å². The molecule has 2 aromatic heterocycles. The van der Waals surface area contributed by atoms with Crippen LogP contribution in [0.25, 0.3) is 22.3 Å². The van der Waals surface area contributed by atoms with E-state index in [9.17, 15) is 4.57 Å². The molecule has 0 saturated carbocycles. The molecular weight excluding hydrogens is 481 g/mol. The van der Waals surface area contributed by atoms with Crippen molar-refractivity contribution in [3.05, 3.63) is 60.8 Å². The van der Waals surface area contributed by atoms with Crippen LogP contribution in [0.15, 0.2) is 60.8 Å². The molecule has 8 heteroatoms. The molecule has 37 heavy (non-hydrogen) atoms. The van der Waals surface area contributed by atoms with Crippen LogP contribution < -0.4 is 20.3 Å². The van der Waals surface area contributed by atoms with E-state index in [1.807, 2.05) is 24.3 Å². The molecule has 1 fully saturated rings. The predicted octanol–water partition coefficient (Wildman–Crippen LogP) is 5.76.